The van der Waals surface area contributed by atoms with Gasteiger partial charge in [0.05, 0.1) is 0 Å². The molecule has 92 valence electrons. The van der Waals surface area contributed by atoms with Gasteiger partial charge in [-0.05, 0) is 38.3 Å². The van der Waals surface area contributed by atoms with E-state index in [0.717, 1.165) is 12.5 Å². The van der Waals surface area contributed by atoms with Gasteiger partial charge >= 0.3 is 0 Å². The van der Waals surface area contributed by atoms with Crippen molar-refractivity contribution in [1.82, 2.24) is 4.90 Å². The summed E-state index contributed by atoms with van der Waals surface area (Å²) in [4.78, 5) is 2.58. The van der Waals surface area contributed by atoms with Gasteiger partial charge in [-0.25, -0.2) is 0 Å². The fourth-order valence-electron chi connectivity index (χ4n) is 2.41. The third kappa shape index (κ3) is 5.53. The van der Waals surface area contributed by atoms with Gasteiger partial charge in [-0.2, -0.15) is 0 Å². The third-order valence-corrected chi connectivity index (χ3v) is 3.13. The summed E-state index contributed by atoms with van der Waals surface area (Å²) in [6, 6.07) is 0.588. The first kappa shape index (κ1) is 14.9. The molecule has 0 aromatic rings. The smallest absolute Gasteiger partial charge is 0.0243 e. The van der Waals surface area contributed by atoms with Crippen LogP contribution < -0.4 is 5.73 Å². The van der Waals surface area contributed by atoms with Gasteiger partial charge in [-0.1, -0.05) is 34.1 Å². The van der Waals surface area contributed by atoms with Crippen LogP contribution >= 0.6 is 0 Å². The summed E-state index contributed by atoms with van der Waals surface area (Å²) < 4.78 is 0. The van der Waals surface area contributed by atoms with E-state index in [1.807, 2.05) is 0 Å². The molecule has 0 rings (SSSR count). The topological polar surface area (TPSA) is 29.3 Å². The maximum atomic E-state index is 5.92. The van der Waals surface area contributed by atoms with Crippen LogP contribution in [0.3, 0.4) is 0 Å². The van der Waals surface area contributed by atoms with E-state index in [1.165, 1.54) is 38.8 Å². The van der Waals surface area contributed by atoms with E-state index in [-0.39, 0.29) is 0 Å². The Morgan fingerprint density at radius 2 is 1.53 bits per heavy atom. The van der Waals surface area contributed by atoms with Gasteiger partial charge in [0.25, 0.3) is 0 Å². The van der Waals surface area contributed by atoms with Gasteiger partial charge in [0, 0.05) is 12.6 Å². The zero-order valence-electron chi connectivity index (χ0n) is 11.1. The van der Waals surface area contributed by atoms with Crippen molar-refractivity contribution in [2.75, 3.05) is 19.6 Å². The van der Waals surface area contributed by atoms with E-state index in [9.17, 15) is 0 Å². The Bertz CT molecular complexity index is 130. The summed E-state index contributed by atoms with van der Waals surface area (Å²) in [7, 11) is 0. The van der Waals surface area contributed by atoms with Crippen LogP contribution in [0.25, 0.3) is 0 Å². The van der Waals surface area contributed by atoms with E-state index >= 15 is 0 Å². The standard InChI is InChI=1S/C13H30N2/c1-5-8-12(4)13(11-14)15(9-6-2)10-7-3/h12-13H,5-11,14H2,1-4H3. The minimum atomic E-state index is 0.588. The Balaban J connectivity index is 4.28. The van der Waals surface area contributed by atoms with Crippen molar-refractivity contribution in [3.63, 3.8) is 0 Å². The molecule has 2 heteroatoms. The molecule has 2 N–H and O–H groups in total. The van der Waals surface area contributed by atoms with Crippen LogP contribution in [-0.4, -0.2) is 30.6 Å². The highest BCUT2D eigenvalue weighted by Gasteiger charge is 2.21. The monoisotopic (exact) mass is 214 g/mol. The molecule has 0 bridgehead atoms. The van der Waals surface area contributed by atoms with Gasteiger partial charge in [-0.15, -0.1) is 0 Å². The first-order valence-electron chi connectivity index (χ1n) is 6.65. The third-order valence-electron chi connectivity index (χ3n) is 3.13. The molecule has 0 fully saturated rings. The molecule has 2 unspecified atom stereocenters. The maximum absolute atomic E-state index is 5.92. The van der Waals surface area contributed by atoms with E-state index in [2.05, 4.69) is 32.6 Å². The highest BCUT2D eigenvalue weighted by atomic mass is 15.2. The minimum Gasteiger partial charge on any atom is -0.329 e. The molecule has 0 spiro atoms. The van der Waals surface area contributed by atoms with Crippen LogP contribution in [0.2, 0.25) is 0 Å². The van der Waals surface area contributed by atoms with Crippen LogP contribution in [0.5, 0.6) is 0 Å². The Labute approximate surface area is 96.2 Å². The first-order chi connectivity index (χ1) is 7.21. The molecule has 0 aliphatic carbocycles. The maximum Gasteiger partial charge on any atom is 0.0243 e. The molecule has 2 atom stereocenters. The predicted octanol–water partition coefficient (Wildman–Crippen LogP) is 2.87. The highest BCUT2D eigenvalue weighted by Crippen LogP contribution is 2.16. The van der Waals surface area contributed by atoms with Crippen molar-refractivity contribution in [2.24, 2.45) is 11.7 Å². The molecule has 0 heterocycles. The van der Waals surface area contributed by atoms with E-state index < -0.39 is 0 Å². The van der Waals surface area contributed by atoms with Crippen LogP contribution in [0, 0.1) is 5.92 Å². The van der Waals surface area contributed by atoms with Crippen molar-refractivity contribution < 1.29 is 0 Å². The highest BCUT2D eigenvalue weighted by molar-refractivity contribution is 4.77. The SMILES string of the molecule is CCCC(C)C(CN)N(CCC)CCC. The lowest BCUT2D eigenvalue weighted by Crippen LogP contribution is -2.45. The molecule has 0 aliphatic rings. The summed E-state index contributed by atoms with van der Waals surface area (Å²) in [5.41, 5.74) is 5.92. The minimum absolute atomic E-state index is 0.588. The van der Waals surface area contributed by atoms with Crippen LogP contribution in [0.4, 0.5) is 0 Å². The predicted molar refractivity (Wildman–Crippen MR) is 69.1 cm³/mol. The lowest BCUT2D eigenvalue weighted by molar-refractivity contribution is 0.147. The summed E-state index contributed by atoms with van der Waals surface area (Å²) in [5, 5.41) is 0. The Hall–Kier alpha value is -0.0800. The normalized spacial score (nSPS) is 15.6. The van der Waals surface area contributed by atoms with E-state index in [1.54, 1.807) is 0 Å². The molecule has 0 aromatic carbocycles. The summed E-state index contributed by atoms with van der Waals surface area (Å²) >= 11 is 0. The van der Waals surface area contributed by atoms with Gasteiger partial charge < -0.3 is 5.73 Å². The number of hydrogen-bond donors (Lipinski definition) is 1. The number of nitrogens with zero attached hydrogens (tertiary/aromatic N) is 1. The molecule has 0 saturated carbocycles. The second-order valence-electron chi connectivity index (χ2n) is 4.60. The Morgan fingerprint density at radius 1 is 1.00 bits per heavy atom. The number of rotatable bonds is 9. The van der Waals surface area contributed by atoms with Crippen LogP contribution in [0.1, 0.15) is 53.4 Å². The average molecular weight is 214 g/mol. The van der Waals surface area contributed by atoms with Crippen molar-refractivity contribution in [1.29, 1.82) is 0 Å². The first-order valence-corrected chi connectivity index (χ1v) is 6.65. The van der Waals surface area contributed by atoms with Crippen LogP contribution in [0.15, 0.2) is 0 Å². The lowest BCUT2D eigenvalue weighted by atomic mass is 9.95. The van der Waals surface area contributed by atoms with Gasteiger partial charge in [0.1, 0.15) is 0 Å². The summed E-state index contributed by atoms with van der Waals surface area (Å²) in [6.45, 7) is 12.3. The molecule has 0 amide bonds. The van der Waals surface area contributed by atoms with E-state index in [0.29, 0.717) is 6.04 Å². The fourth-order valence-corrected chi connectivity index (χ4v) is 2.41. The Kier molecular flexibility index (Phi) is 9.12. The molecule has 0 aromatic heterocycles. The average Bonchev–Trinajstić information content (AvgIpc) is 2.20. The quantitative estimate of drug-likeness (QED) is 0.639. The van der Waals surface area contributed by atoms with Gasteiger partial charge in [0.15, 0.2) is 0 Å². The van der Waals surface area contributed by atoms with Crippen molar-refractivity contribution in [2.45, 2.75) is 59.4 Å². The van der Waals surface area contributed by atoms with Gasteiger partial charge in [0.2, 0.25) is 0 Å². The Morgan fingerprint density at radius 3 is 1.87 bits per heavy atom. The molecule has 0 aliphatic heterocycles. The summed E-state index contributed by atoms with van der Waals surface area (Å²) in [6.07, 6.45) is 5.03. The molecule has 15 heavy (non-hydrogen) atoms. The lowest BCUT2D eigenvalue weighted by Gasteiger charge is -2.34. The number of nitrogens with two attached hydrogens (primary N) is 1. The summed E-state index contributed by atoms with van der Waals surface area (Å²) in [5.74, 6) is 0.734. The fraction of sp³-hybridized carbons (Fsp3) is 1.00. The van der Waals surface area contributed by atoms with Crippen molar-refractivity contribution in [3.8, 4) is 0 Å². The molecular formula is C13H30N2. The van der Waals surface area contributed by atoms with Crippen LogP contribution in [-0.2, 0) is 0 Å². The molecular weight excluding hydrogens is 184 g/mol. The second-order valence-corrected chi connectivity index (χ2v) is 4.60. The molecule has 0 radical (unpaired) electrons. The van der Waals surface area contributed by atoms with Crippen molar-refractivity contribution in [3.05, 3.63) is 0 Å². The second kappa shape index (κ2) is 9.17. The largest absolute Gasteiger partial charge is 0.329 e. The van der Waals surface area contributed by atoms with E-state index in [4.69, 9.17) is 5.73 Å². The number of hydrogen-bond acceptors (Lipinski definition) is 2. The van der Waals surface area contributed by atoms with Crippen molar-refractivity contribution >= 4 is 0 Å². The zero-order chi connectivity index (χ0) is 11.7. The zero-order valence-corrected chi connectivity index (χ0v) is 11.1. The molecule has 0 saturated heterocycles. The van der Waals surface area contributed by atoms with Gasteiger partial charge in [-0.3, -0.25) is 4.90 Å². The molecule has 2 nitrogen and oxygen atoms in total.